The molecule has 0 amide bonds. The summed E-state index contributed by atoms with van der Waals surface area (Å²) in [5, 5.41) is 10.8. The van der Waals surface area contributed by atoms with E-state index >= 15 is 0 Å². The summed E-state index contributed by atoms with van der Waals surface area (Å²) in [6.07, 6.45) is 3.57. The van der Waals surface area contributed by atoms with Gasteiger partial charge in [0.25, 0.3) is 5.70 Å². The molecular formula is C11H16N2O2. The molecule has 4 heteroatoms. The van der Waals surface area contributed by atoms with Gasteiger partial charge in [0.2, 0.25) is 0 Å². The first kappa shape index (κ1) is 11.5. The largest absolute Gasteiger partial charge is 0.348 e. The molecule has 0 unspecified atom stereocenters. The molecule has 0 saturated heterocycles. The molecule has 0 saturated carbocycles. The zero-order chi connectivity index (χ0) is 11.4. The lowest BCUT2D eigenvalue weighted by molar-refractivity contribution is -0.431. The number of nitrogens with zero attached hydrogens (tertiary/aromatic N) is 2. The molecule has 0 fully saturated rings. The number of rotatable bonds is 4. The van der Waals surface area contributed by atoms with Gasteiger partial charge in [-0.15, -0.1) is 0 Å². The first-order valence-electron chi connectivity index (χ1n) is 5.07. The second-order valence-corrected chi connectivity index (χ2v) is 3.70. The second kappa shape index (κ2) is 4.77. The van der Waals surface area contributed by atoms with Gasteiger partial charge >= 0.3 is 0 Å². The topological polar surface area (TPSA) is 48.1 Å². The molecule has 0 aromatic carbocycles. The summed E-state index contributed by atoms with van der Waals surface area (Å²) in [4.78, 5) is 10.5. The maximum atomic E-state index is 10.8. The first-order chi connectivity index (χ1) is 7.06. The summed E-state index contributed by atoms with van der Waals surface area (Å²) in [5.41, 5.74) is 1.14. The molecule has 0 aliphatic heterocycles. The van der Waals surface area contributed by atoms with Crippen molar-refractivity contribution in [3.63, 3.8) is 0 Å². The minimum atomic E-state index is -0.308. The maximum absolute atomic E-state index is 10.8. The lowest BCUT2D eigenvalue weighted by atomic mass is 10.1. The number of aryl methyl sites for hydroxylation is 1. The van der Waals surface area contributed by atoms with E-state index in [-0.39, 0.29) is 16.5 Å². The van der Waals surface area contributed by atoms with E-state index in [0.717, 1.165) is 12.2 Å². The number of nitro groups is 1. The molecule has 82 valence electrons. The predicted molar refractivity (Wildman–Crippen MR) is 59.9 cm³/mol. The fourth-order valence-electron chi connectivity index (χ4n) is 1.43. The van der Waals surface area contributed by atoms with E-state index in [1.165, 1.54) is 0 Å². The number of hydrogen-bond donors (Lipinski definition) is 0. The number of hydrogen-bond acceptors (Lipinski definition) is 2. The van der Waals surface area contributed by atoms with Gasteiger partial charge in [0.1, 0.15) is 0 Å². The van der Waals surface area contributed by atoms with Gasteiger partial charge in [-0.05, 0) is 19.1 Å². The Bertz CT molecular complexity index is 378. The van der Waals surface area contributed by atoms with Gasteiger partial charge in [0.15, 0.2) is 0 Å². The van der Waals surface area contributed by atoms with Gasteiger partial charge in [0, 0.05) is 30.4 Å². The van der Waals surface area contributed by atoms with Gasteiger partial charge in [0.05, 0.1) is 4.92 Å². The number of aromatic nitrogens is 1. The van der Waals surface area contributed by atoms with Crippen molar-refractivity contribution in [2.24, 2.45) is 5.92 Å². The number of allylic oxidation sites excluding steroid dienone is 1. The molecule has 1 aromatic heterocycles. The normalized spacial score (nSPS) is 12.1. The average molecular weight is 208 g/mol. The van der Waals surface area contributed by atoms with E-state index in [4.69, 9.17) is 0 Å². The van der Waals surface area contributed by atoms with Crippen LogP contribution in [0, 0.1) is 16.0 Å². The van der Waals surface area contributed by atoms with E-state index in [9.17, 15) is 10.1 Å². The third kappa shape index (κ3) is 2.68. The highest BCUT2D eigenvalue weighted by Crippen LogP contribution is 2.15. The maximum Gasteiger partial charge on any atom is 0.250 e. The molecule has 0 bridgehead atoms. The third-order valence-electron chi connectivity index (χ3n) is 2.30. The Hall–Kier alpha value is -1.58. The van der Waals surface area contributed by atoms with Crippen LogP contribution in [0.2, 0.25) is 0 Å². The van der Waals surface area contributed by atoms with Crippen molar-refractivity contribution >= 4 is 6.08 Å². The molecule has 0 aliphatic rings. The van der Waals surface area contributed by atoms with Crippen LogP contribution in [-0.4, -0.2) is 9.49 Å². The summed E-state index contributed by atoms with van der Waals surface area (Å²) >= 11 is 0. The van der Waals surface area contributed by atoms with Gasteiger partial charge < -0.3 is 4.57 Å². The van der Waals surface area contributed by atoms with Crippen LogP contribution in [0.25, 0.3) is 6.08 Å². The highest BCUT2D eigenvalue weighted by molar-refractivity contribution is 5.48. The molecular weight excluding hydrogens is 192 g/mol. The van der Waals surface area contributed by atoms with Crippen LogP contribution in [0.3, 0.4) is 0 Å². The van der Waals surface area contributed by atoms with Gasteiger partial charge in [-0.25, -0.2) is 0 Å². The molecule has 0 aliphatic carbocycles. The van der Waals surface area contributed by atoms with Crippen molar-refractivity contribution < 1.29 is 4.92 Å². The fraction of sp³-hybridized carbons (Fsp3) is 0.455. The molecule has 4 nitrogen and oxygen atoms in total. The zero-order valence-electron chi connectivity index (χ0n) is 9.30. The van der Waals surface area contributed by atoms with Crippen LogP contribution in [0.5, 0.6) is 0 Å². The molecule has 15 heavy (non-hydrogen) atoms. The zero-order valence-corrected chi connectivity index (χ0v) is 9.30. The lowest BCUT2D eigenvalue weighted by Crippen LogP contribution is -2.06. The van der Waals surface area contributed by atoms with Crippen molar-refractivity contribution in [2.45, 2.75) is 27.3 Å². The van der Waals surface area contributed by atoms with E-state index < -0.39 is 0 Å². The highest BCUT2D eigenvalue weighted by atomic mass is 16.6. The summed E-state index contributed by atoms with van der Waals surface area (Å²) in [7, 11) is 0. The summed E-state index contributed by atoms with van der Waals surface area (Å²) in [5.74, 6) is -0.0693. The van der Waals surface area contributed by atoms with Crippen molar-refractivity contribution in [3.8, 4) is 0 Å². The van der Waals surface area contributed by atoms with Gasteiger partial charge in [-0.1, -0.05) is 13.8 Å². The quantitative estimate of drug-likeness (QED) is 0.564. The van der Waals surface area contributed by atoms with Crippen molar-refractivity contribution in [3.05, 3.63) is 39.8 Å². The lowest BCUT2D eigenvalue weighted by Gasteiger charge is -2.04. The third-order valence-corrected chi connectivity index (χ3v) is 2.30. The van der Waals surface area contributed by atoms with Crippen LogP contribution in [0.15, 0.2) is 24.0 Å². The summed E-state index contributed by atoms with van der Waals surface area (Å²) < 4.78 is 1.98. The van der Waals surface area contributed by atoms with Crippen LogP contribution in [0.1, 0.15) is 26.5 Å². The smallest absolute Gasteiger partial charge is 0.250 e. The first-order valence-corrected chi connectivity index (χ1v) is 5.07. The van der Waals surface area contributed by atoms with Crippen LogP contribution < -0.4 is 0 Å². The SMILES string of the molecule is CCn1cccc1/C=C(/C(C)C)[N+](=O)[O-]. The fourth-order valence-corrected chi connectivity index (χ4v) is 1.43. The van der Waals surface area contributed by atoms with E-state index in [0.29, 0.717) is 0 Å². The molecule has 0 spiro atoms. The van der Waals surface area contributed by atoms with Crippen molar-refractivity contribution in [2.75, 3.05) is 0 Å². The minimum Gasteiger partial charge on any atom is -0.348 e. The Balaban J connectivity index is 3.07. The van der Waals surface area contributed by atoms with E-state index in [2.05, 4.69) is 0 Å². The summed E-state index contributed by atoms with van der Waals surface area (Å²) in [6.45, 7) is 6.49. The average Bonchev–Trinajstić information content (AvgIpc) is 2.59. The highest BCUT2D eigenvalue weighted by Gasteiger charge is 2.16. The molecule has 0 radical (unpaired) electrons. The van der Waals surface area contributed by atoms with E-state index in [1.807, 2.05) is 43.7 Å². The van der Waals surface area contributed by atoms with Crippen LogP contribution in [-0.2, 0) is 6.54 Å². The molecule has 1 heterocycles. The molecule has 0 N–H and O–H groups in total. The molecule has 0 atom stereocenters. The monoisotopic (exact) mass is 208 g/mol. The van der Waals surface area contributed by atoms with Crippen LogP contribution in [0.4, 0.5) is 0 Å². The van der Waals surface area contributed by atoms with Gasteiger partial charge in [-0.2, -0.15) is 0 Å². The Morgan fingerprint density at radius 3 is 2.80 bits per heavy atom. The Kier molecular flexibility index (Phi) is 3.66. The van der Waals surface area contributed by atoms with Gasteiger partial charge in [-0.3, -0.25) is 10.1 Å². The minimum absolute atomic E-state index is 0.0693. The molecule has 1 aromatic rings. The Morgan fingerprint density at radius 2 is 2.33 bits per heavy atom. The second-order valence-electron chi connectivity index (χ2n) is 3.70. The summed E-state index contributed by atoms with van der Waals surface area (Å²) in [6, 6.07) is 3.78. The van der Waals surface area contributed by atoms with Crippen molar-refractivity contribution in [1.82, 2.24) is 4.57 Å². The molecule has 1 rings (SSSR count). The standard InChI is InChI=1S/C11H16N2O2/c1-4-12-7-5-6-10(12)8-11(9(2)3)13(14)15/h5-9H,4H2,1-3H3/b11-8-. The predicted octanol–water partition coefficient (Wildman–Crippen LogP) is 2.78. The van der Waals surface area contributed by atoms with Crippen LogP contribution >= 0.6 is 0 Å². The Labute approximate surface area is 89.4 Å². The Morgan fingerprint density at radius 1 is 1.67 bits per heavy atom. The van der Waals surface area contributed by atoms with Crippen molar-refractivity contribution in [1.29, 1.82) is 0 Å². The van der Waals surface area contributed by atoms with E-state index in [1.54, 1.807) is 6.08 Å².